The van der Waals surface area contributed by atoms with E-state index in [0.29, 0.717) is 22.6 Å². The Hall–Kier alpha value is -3.49. The molecule has 0 amide bonds. The van der Waals surface area contributed by atoms with Crippen molar-refractivity contribution in [3.63, 3.8) is 0 Å². The van der Waals surface area contributed by atoms with Gasteiger partial charge in [-0.2, -0.15) is 4.31 Å². The number of sulfonamides is 1. The van der Waals surface area contributed by atoms with Crippen molar-refractivity contribution < 1.29 is 22.3 Å². The van der Waals surface area contributed by atoms with Gasteiger partial charge in [-0.1, -0.05) is 24.3 Å². The number of pyridine rings is 1. The van der Waals surface area contributed by atoms with E-state index in [9.17, 15) is 12.8 Å². The standard InChI is InChI=1S/C26H23FN2O4S/c1-17-7-8-22(27)14-25(17)34(30,31)29-9-10-33-26-21(16-29)12-19(13-24(26)32-2)20-11-18-5-3-4-6-23(18)28-15-20/h3-8,11-15H,9-10,16H2,1-2H3. The van der Waals surface area contributed by atoms with Crippen molar-refractivity contribution in [1.82, 2.24) is 9.29 Å². The topological polar surface area (TPSA) is 68.7 Å². The molecule has 0 spiro atoms. The fourth-order valence-electron chi connectivity index (χ4n) is 4.20. The molecule has 6 nitrogen and oxygen atoms in total. The molecule has 34 heavy (non-hydrogen) atoms. The SMILES string of the molecule is COc1cc(-c2cnc3ccccc3c2)cc2c1OCCN(S(=O)(=O)c1cc(F)ccc1C)C2. The average Bonchev–Trinajstić information content (AvgIpc) is 3.07. The number of aryl methyl sites for hydroxylation is 1. The Kier molecular flexibility index (Phi) is 5.71. The minimum absolute atomic E-state index is 0.0437. The van der Waals surface area contributed by atoms with E-state index in [0.717, 1.165) is 28.1 Å². The summed E-state index contributed by atoms with van der Waals surface area (Å²) >= 11 is 0. The van der Waals surface area contributed by atoms with Crippen LogP contribution in [0.4, 0.5) is 4.39 Å². The second-order valence-corrected chi connectivity index (χ2v) is 10.1. The summed E-state index contributed by atoms with van der Waals surface area (Å²) < 4.78 is 53.6. The number of nitrogens with zero attached hydrogens (tertiary/aromatic N) is 2. The Bertz CT molecular complexity index is 1500. The van der Waals surface area contributed by atoms with E-state index in [1.165, 1.54) is 16.4 Å². The molecule has 1 aromatic heterocycles. The highest BCUT2D eigenvalue weighted by Gasteiger charge is 2.30. The van der Waals surface area contributed by atoms with E-state index < -0.39 is 15.8 Å². The van der Waals surface area contributed by atoms with E-state index in [1.54, 1.807) is 20.2 Å². The summed E-state index contributed by atoms with van der Waals surface area (Å²) in [5.41, 5.74) is 3.75. The molecular formula is C26H23FN2O4S. The second kappa shape index (κ2) is 8.70. The first-order valence-corrected chi connectivity index (χ1v) is 12.3. The quantitative estimate of drug-likeness (QED) is 0.416. The van der Waals surface area contributed by atoms with E-state index in [4.69, 9.17) is 9.47 Å². The Labute approximate surface area is 197 Å². The Balaban J connectivity index is 1.58. The third-order valence-corrected chi connectivity index (χ3v) is 7.96. The number of ether oxygens (including phenoxy) is 2. The van der Waals surface area contributed by atoms with Gasteiger partial charge >= 0.3 is 0 Å². The van der Waals surface area contributed by atoms with Crippen molar-refractivity contribution in [2.75, 3.05) is 20.3 Å². The van der Waals surface area contributed by atoms with Gasteiger partial charge in [0, 0.05) is 35.8 Å². The Morgan fingerprint density at radius 2 is 1.88 bits per heavy atom. The fraction of sp³-hybridized carbons (Fsp3) is 0.192. The lowest BCUT2D eigenvalue weighted by Crippen LogP contribution is -2.33. The molecule has 0 saturated carbocycles. The number of aromatic nitrogens is 1. The number of fused-ring (bicyclic) bond motifs is 2. The van der Waals surface area contributed by atoms with Crippen LogP contribution in [0.1, 0.15) is 11.1 Å². The molecule has 174 valence electrons. The number of hydrogen-bond donors (Lipinski definition) is 0. The van der Waals surface area contributed by atoms with Gasteiger partial charge in [-0.25, -0.2) is 12.8 Å². The zero-order chi connectivity index (χ0) is 23.9. The van der Waals surface area contributed by atoms with Crippen molar-refractivity contribution >= 4 is 20.9 Å². The molecule has 0 fully saturated rings. The lowest BCUT2D eigenvalue weighted by atomic mass is 10.0. The van der Waals surface area contributed by atoms with Gasteiger partial charge in [0.05, 0.1) is 17.5 Å². The summed E-state index contributed by atoms with van der Waals surface area (Å²) in [6, 6.07) is 17.4. The first-order valence-electron chi connectivity index (χ1n) is 10.8. The summed E-state index contributed by atoms with van der Waals surface area (Å²) in [4.78, 5) is 4.50. The minimum Gasteiger partial charge on any atom is -0.493 e. The maximum absolute atomic E-state index is 13.9. The van der Waals surface area contributed by atoms with Gasteiger partial charge in [-0.05, 0) is 54.4 Å². The van der Waals surface area contributed by atoms with Crippen molar-refractivity contribution in [1.29, 1.82) is 0 Å². The van der Waals surface area contributed by atoms with E-state index >= 15 is 0 Å². The lowest BCUT2D eigenvalue weighted by Gasteiger charge is -2.21. The number of methoxy groups -OCH3 is 1. The average molecular weight is 479 g/mol. The molecule has 3 aromatic carbocycles. The second-order valence-electron chi connectivity index (χ2n) is 8.18. The maximum atomic E-state index is 13.9. The van der Waals surface area contributed by atoms with Crippen LogP contribution in [0.2, 0.25) is 0 Å². The van der Waals surface area contributed by atoms with Gasteiger partial charge in [-0.3, -0.25) is 4.98 Å². The molecule has 4 aromatic rings. The normalized spacial score (nSPS) is 14.3. The molecule has 0 atom stereocenters. The molecule has 1 aliphatic rings. The lowest BCUT2D eigenvalue weighted by molar-refractivity contribution is 0.279. The van der Waals surface area contributed by atoms with E-state index in [1.807, 2.05) is 42.5 Å². The van der Waals surface area contributed by atoms with E-state index in [2.05, 4.69) is 4.98 Å². The first kappa shape index (κ1) is 22.3. The van der Waals surface area contributed by atoms with Crippen LogP contribution in [-0.4, -0.2) is 38.0 Å². The molecule has 0 radical (unpaired) electrons. The van der Waals surface area contributed by atoms with Gasteiger partial charge in [0.1, 0.15) is 12.4 Å². The van der Waals surface area contributed by atoms with Crippen LogP contribution in [0.5, 0.6) is 11.5 Å². The molecule has 0 N–H and O–H groups in total. The zero-order valence-corrected chi connectivity index (χ0v) is 19.6. The fourth-order valence-corrected chi connectivity index (χ4v) is 5.84. The predicted octanol–water partition coefficient (Wildman–Crippen LogP) is 4.94. The summed E-state index contributed by atoms with van der Waals surface area (Å²) in [6.07, 6.45) is 1.78. The molecule has 0 aliphatic carbocycles. The van der Waals surface area contributed by atoms with Gasteiger partial charge in [0.25, 0.3) is 0 Å². The first-order chi connectivity index (χ1) is 16.4. The van der Waals surface area contributed by atoms with Crippen LogP contribution in [0.3, 0.4) is 0 Å². The molecular weight excluding hydrogens is 455 g/mol. The highest BCUT2D eigenvalue weighted by atomic mass is 32.2. The molecule has 1 aliphatic heterocycles. The van der Waals surface area contributed by atoms with Crippen LogP contribution in [0, 0.1) is 12.7 Å². The molecule has 0 unspecified atom stereocenters. The highest BCUT2D eigenvalue weighted by molar-refractivity contribution is 7.89. The monoisotopic (exact) mass is 478 g/mol. The molecule has 0 bridgehead atoms. The van der Waals surface area contributed by atoms with Gasteiger partial charge < -0.3 is 9.47 Å². The van der Waals surface area contributed by atoms with Crippen molar-refractivity contribution in [3.05, 3.63) is 83.8 Å². The Morgan fingerprint density at radius 3 is 2.71 bits per heavy atom. The van der Waals surface area contributed by atoms with Crippen LogP contribution < -0.4 is 9.47 Å². The van der Waals surface area contributed by atoms with Crippen molar-refractivity contribution in [2.45, 2.75) is 18.4 Å². The third-order valence-electron chi connectivity index (χ3n) is 5.98. The smallest absolute Gasteiger partial charge is 0.243 e. The van der Waals surface area contributed by atoms with E-state index in [-0.39, 0.29) is 24.6 Å². The minimum atomic E-state index is -3.95. The predicted molar refractivity (Wildman–Crippen MR) is 128 cm³/mol. The molecule has 8 heteroatoms. The summed E-state index contributed by atoms with van der Waals surface area (Å²) in [6.45, 7) is 2.00. The number of para-hydroxylation sites is 1. The van der Waals surface area contributed by atoms with Gasteiger partial charge in [0.15, 0.2) is 11.5 Å². The number of benzene rings is 3. The summed E-state index contributed by atoms with van der Waals surface area (Å²) in [7, 11) is -2.39. The van der Waals surface area contributed by atoms with Crippen molar-refractivity contribution in [3.8, 4) is 22.6 Å². The third kappa shape index (κ3) is 3.99. The summed E-state index contributed by atoms with van der Waals surface area (Å²) in [5, 5.41) is 0.996. The molecule has 2 heterocycles. The van der Waals surface area contributed by atoms with Crippen LogP contribution in [-0.2, 0) is 16.6 Å². The van der Waals surface area contributed by atoms with Crippen LogP contribution in [0.25, 0.3) is 22.0 Å². The number of rotatable bonds is 4. The molecule has 0 saturated heterocycles. The van der Waals surface area contributed by atoms with Crippen molar-refractivity contribution in [2.24, 2.45) is 0 Å². The summed E-state index contributed by atoms with van der Waals surface area (Å²) in [5.74, 6) is 0.430. The maximum Gasteiger partial charge on any atom is 0.243 e. The van der Waals surface area contributed by atoms with Crippen LogP contribution in [0.15, 0.2) is 71.8 Å². The highest BCUT2D eigenvalue weighted by Crippen LogP contribution is 2.39. The largest absolute Gasteiger partial charge is 0.493 e. The Morgan fingerprint density at radius 1 is 1.06 bits per heavy atom. The van der Waals surface area contributed by atoms with Gasteiger partial charge in [0.2, 0.25) is 10.0 Å². The zero-order valence-electron chi connectivity index (χ0n) is 18.8. The molecule has 5 rings (SSSR count). The van der Waals surface area contributed by atoms with Crippen LogP contribution >= 0.6 is 0 Å². The number of halogens is 1. The van der Waals surface area contributed by atoms with Gasteiger partial charge in [-0.15, -0.1) is 0 Å². The number of hydrogen-bond acceptors (Lipinski definition) is 5.